The third kappa shape index (κ3) is 4.02. The lowest BCUT2D eigenvalue weighted by Crippen LogP contribution is -2.41. The average molecular weight is 390 g/mol. The van der Waals surface area contributed by atoms with Crippen molar-refractivity contribution in [2.45, 2.75) is 25.8 Å². The van der Waals surface area contributed by atoms with Gasteiger partial charge in [-0.25, -0.2) is 9.78 Å². The number of aromatic nitrogens is 3. The average Bonchev–Trinajstić information content (AvgIpc) is 2.93. The number of carbonyl (C=O) groups is 1. The van der Waals surface area contributed by atoms with Gasteiger partial charge >= 0.3 is 5.69 Å². The molecule has 0 bridgehead atoms. The summed E-state index contributed by atoms with van der Waals surface area (Å²) in [6.07, 6.45) is 1.91. The molecule has 0 spiro atoms. The van der Waals surface area contributed by atoms with Gasteiger partial charge in [0.05, 0.1) is 5.39 Å². The number of amides is 1. The summed E-state index contributed by atoms with van der Waals surface area (Å²) in [5, 5.41) is 3.39. The van der Waals surface area contributed by atoms with Gasteiger partial charge < -0.3 is 10.2 Å². The normalized spacial score (nSPS) is 16.4. The van der Waals surface area contributed by atoms with Crippen LogP contribution in [0.1, 0.15) is 28.9 Å². The number of aromatic amines is 2. The van der Waals surface area contributed by atoms with E-state index in [1.54, 1.807) is 17.9 Å². The maximum Gasteiger partial charge on any atom is 0.327 e. The summed E-state index contributed by atoms with van der Waals surface area (Å²) >= 11 is 0. The van der Waals surface area contributed by atoms with Gasteiger partial charge in [-0.3, -0.25) is 19.6 Å². The van der Waals surface area contributed by atoms with E-state index in [0.717, 1.165) is 19.4 Å². The summed E-state index contributed by atoms with van der Waals surface area (Å²) in [4.78, 5) is 46.7. The number of hydrogen-bond acceptors (Lipinski definition) is 5. The lowest BCUT2D eigenvalue weighted by atomic mass is 10.1. The lowest BCUT2D eigenvalue weighted by Gasteiger charge is -2.24. The maximum absolute atomic E-state index is 12.8. The highest BCUT2D eigenvalue weighted by Gasteiger charge is 2.30. The summed E-state index contributed by atoms with van der Waals surface area (Å²) in [5.41, 5.74) is -0.124. The smallest absolute Gasteiger partial charge is 0.327 e. The van der Waals surface area contributed by atoms with Gasteiger partial charge in [-0.15, -0.1) is 24.8 Å². The van der Waals surface area contributed by atoms with E-state index in [1.165, 1.54) is 0 Å². The molecule has 1 aliphatic rings. The second kappa shape index (κ2) is 8.46. The summed E-state index contributed by atoms with van der Waals surface area (Å²) in [6.45, 7) is 3.15. The van der Waals surface area contributed by atoms with E-state index in [1.807, 2.05) is 7.05 Å². The van der Waals surface area contributed by atoms with E-state index in [2.05, 4.69) is 20.3 Å². The number of fused-ring (bicyclic) bond motifs is 1. The van der Waals surface area contributed by atoms with Crippen LogP contribution in [-0.4, -0.2) is 51.9 Å². The van der Waals surface area contributed by atoms with Crippen LogP contribution in [0.4, 0.5) is 0 Å². The van der Waals surface area contributed by atoms with E-state index in [0.29, 0.717) is 17.5 Å². The Morgan fingerprint density at radius 3 is 2.76 bits per heavy atom. The minimum absolute atomic E-state index is 0. The Hall–Kier alpha value is -1.90. The Kier molecular flexibility index (Phi) is 7.16. The zero-order valence-electron chi connectivity index (χ0n) is 13.9. The van der Waals surface area contributed by atoms with Crippen molar-refractivity contribution in [3.05, 3.63) is 38.2 Å². The van der Waals surface area contributed by atoms with Crippen molar-refractivity contribution >= 4 is 41.8 Å². The molecule has 1 saturated heterocycles. The molecule has 1 atom stereocenters. The van der Waals surface area contributed by atoms with Crippen LogP contribution in [0.5, 0.6) is 0 Å². The first-order valence-corrected chi connectivity index (χ1v) is 7.61. The SMILES string of the molecule is CNCC1CCCN1C(=O)c1cc(C)c2c(=O)[nH]c(=O)[nH]c2n1.Cl.Cl. The molecule has 1 fully saturated rings. The summed E-state index contributed by atoms with van der Waals surface area (Å²) in [5.74, 6) is -0.172. The largest absolute Gasteiger partial charge is 0.333 e. The van der Waals surface area contributed by atoms with Gasteiger partial charge in [0.1, 0.15) is 11.3 Å². The number of aryl methyl sites for hydroxylation is 1. The minimum Gasteiger partial charge on any atom is -0.333 e. The Morgan fingerprint density at radius 2 is 2.08 bits per heavy atom. The summed E-state index contributed by atoms with van der Waals surface area (Å²) in [7, 11) is 1.86. The van der Waals surface area contributed by atoms with Crippen LogP contribution in [-0.2, 0) is 0 Å². The standard InChI is InChI=1S/C15H19N5O3.2ClH/c1-8-6-10(14(22)20-5-3-4-9(20)7-16-2)17-12-11(8)13(21)19-15(23)18-12;;/h6,9,16H,3-5,7H2,1-2H3,(H2,17,18,19,21,23);2*1H. The van der Waals surface area contributed by atoms with Gasteiger partial charge in [-0.05, 0) is 38.4 Å². The molecule has 3 rings (SSSR count). The molecule has 0 aliphatic carbocycles. The fraction of sp³-hybridized carbons (Fsp3) is 0.467. The highest BCUT2D eigenvalue weighted by atomic mass is 35.5. The third-order valence-corrected chi connectivity index (χ3v) is 4.20. The number of carbonyl (C=O) groups excluding carboxylic acids is 1. The molecule has 25 heavy (non-hydrogen) atoms. The first-order valence-electron chi connectivity index (χ1n) is 7.61. The maximum atomic E-state index is 12.8. The van der Waals surface area contributed by atoms with Crippen LogP contribution in [0, 0.1) is 6.92 Å². The van der Waals surface area contributed by atoms with Gasteiger partial charge in [0.25, 0.3) is 11.5 Å². The molecule has 1 aliphatic heterocycles. The number of likely N-dealkylation sites (tertiary alicyclic amines) is 1. The molecule has 2 aromatic rings. The van der Waals surface area contributed by atoms with E-state index in [-0.39, 0.29) is 48.1 Å². The quantitative estimate of drug-likeness (QED) is 0.711. The van der Waals surface area contributed by atoms with Gasteiger partial charge in [-0.2, -0.15) is 0 Å². The fourth-order valence-electron chi connectivity index (χ4n) is 3.16. The van der Waals surface area contributed by atoms with E-state index in [9.17, 15) is 14.4 Å². The van der Waals surface area contributed by atoms with Gasteiger partial charge in [0.2, 0.25) is 0 Å². The van der Waals surface area contributed by atoms with E-state index >= 15 is 0 Å². The second-order valence-corrected chi connectivity index (χ2v) is 5.81. The fourth-order valence-corrected chi connectivity index (χ4v) is 3.16. The lowest BCUT2D eigenvalue weighted by molar-refractivity contribution is 0.0731. The highest BCUT2D eigenvalue weighted by molar-refractivity contribution is 5.95. The number of likely N-dealkylation sites (N-methyl/N-ethyl adjacent to an activating group) is 1. The Bertz CT molecular complexity index is 880. The summed E-state index contributed by atoms with van der Waals surface area (Å²) < 4.78 is 0. The molecule has 3 N–H and O–H groups in total. The number of H-pyrrole nitrogens is 2. The molecular formula is C15H21Cl2N5O3. The highest BCUT2D eigenvalue weighted by Crippen LogP contribution is 2.20. The number of halogens is 2. The van der Waals surface area contributed by atoms with Crippen LogP contribution < -0.4 is 16.6 Å². The molecular weight excluding hydrogens is 369 g/mol. The van der Waals surface area contributed by atoms with Crippen LogP contribution in [0.15, 0.2) is 15.7 Å². The zero-order valence-corrected chi connectivity index (χ0v) is 15.6. The summed E-state index contributed by atoms with van der Waals surface area (Å²) in [6, 6.07) is 1.75. The molecule has 8 nitrogen and oxygen atoms in total. The van der Waals surface area contributed by atoms with Crippen LogP contribution in [0.25, 0.3) is 11.0 Å². The van der Waals surface area contributed by atoms with Crippen LogP contribution >= 0.6 is 24.8 Å². The molecule has 138 valence electrons. The molecule has 0 radical (unpaired) electrons. The number of nitrogens with zero attached hydrogens (tertiary/aromatic N) is 2. The van der Waals surface area contributed by atoms with Crippen molar-refractivity contribution in [3.8, 4) is 0 Å². The number of nitrogens with one attached hydrogen (secondary N) is 3. The first kappa shape index (κ1) is 21.1. The van der Waals surface area contributed by atoms with Gasteiger partial charge in [-0.1, -0.05) is 0 Å². The Balaban J connectivity index is 0.00000156. The molecule has 3 heterocycles. The third-order valence-electron chi connectivity index (χ3n) is 4.20. The monoisotopic (exact) mass is 389 g/mol. The van der Waals surface area contributed by atoms with Gasteiger partial charge in [0.15, 0.2) is 0 Å². The van der Waals surface area contributed by atoms with Crippen molar-refractivity contribution in [2.75, 3.05) is 20.1 Å². The molecule has 0 aromatic carbocycles. The Morgan fingerprint density at radius 1 is 1.36 bits per heavy atom. The van der Waals surface area contributed by atoms with Crippen molar-refractivity contribution in [1.82, 2.24) is 25.2 Å². The number of rotatable bonds is 3. The van der Waals surface area contributed by atoms with Crippen LogP contribution in [0.3, 0.4) is 0 Å². The molecule has 2 aromatic heterocycles. The molecule has 0 saturated carbocycles. The number of pyridine rings is 1. The molecule has 1 unspecified atom stereocenters. The van der Waals surface area contributed by atoms with Crippen molar-refractivity contribution in [3.63, 3.8) is 0 Å². The zero-order chi connectivity index (χ0) is 16.6. The number of hydrogen-bond donors (Lipinski definition) is 3. The molecule has 10 heteroatoms. The predicted molar refractivity (Wildman–Crippen MR) is 100 cm³/mol. The predicted octanol–water partition coefficient (Wildman–Crippen LogP) is 0.587. The van der Waals surface area contributed by atoms with Gasteiger partial charge in [0, 0.05) is 19.1 Å². The van der Waals surface area contributed by atoms with Crippen molar-refractivity contribution in [2.24, 2.45) is 0 Å². The molecule has 1 amide bonds. The topological polar surface area (TPSA) is 111 Å². The Labute approximate surface area is 156 Å². The second-order valence-electron chi connectivity index (χ2n) is 5.81. The van der Waals surface area contributed by atoms with Crippen LogP contribution in [0.2, 0.25) is 0 Å². The van der Waals surface area contributed by atoms with Crippen molar-refractivity contribution < 1.29 is 4.79 Å². The van der Waals surface area contributed by atoms with Crippen molar-refractivity contribution in [1.29, 1.82) is 0 Å². The van der Waals surface area contributed by atoms with E-state index in [4.69, 9.17) is 0 Å². The van der Waals surface area contributed by atoms with E-state index < -0.39 is 11.2 Å². The first-order chi connectivity index (χ1) is 11.0. The minimum atomic E-state index is -0.631.